The Morgan fingerprint density at radius 3 is 2.43 bits per heavy atom. The fourth-order valence-electron chi connectivity index (χ4n) is 2.72. The maximum atomic E-state index is 13.8. The number of aryl methyl sites for hydroxylation is 1. The minimum atomic E-state index is -0.251. The number of aromatic nitrogens is 1. The standard InChI is InChI=1S/C17H18FN3O2/c1-19-7-6-13(12-16(19)22)17(23)21-10-8-20(9-11-21)15-5-3-2-4-14(15)18/h2-7,12H,8-11H2,1H3. The number of hydrogen-bond donors (Lipinski definition) is 0. The van der Waals surface area contributed by atoms with Crippen LogP contribution in [0.2, 0.25) is 0 Å². The first-order valence-corrected chi connectivity index (χ1v) is 7.52. The van der Waals surface area contributed by atoms with Crippen molar-refractivity contribution in [1.82, 2.24) is 9.47 Å². The molecule has 120 valence electrons. The molecule has 1 aromatic carbocycles. The van der Waals surface area contributed by atoms with Crippen LogP contribution in [0.25, 0.3) is 0 Å². The molecule has 3 rings (SSSR count). The molecule has 0 unspecified atom stereocenters. The summed E-state index contributed by atoms with van der Waals surface area (Å²) < 4.78 is 15.2. The van der Waals surface area contributed by atoms with Gasteiger partial charge in [-0.05, 0) is 18.2 Å². The molecule has 1 fully saturated rings. The van der Waals surface area contributed by atoms with E-state index < -0.39 is 0 Å². The number of piperazine rings is 1. The van der Waals surface area contributed by atoms with Crippen LogP contribution >= 0.6 is 0 Å². The Balaban J connectivity index is 1.69. The number of halogens is 1. The Kier molecular flexibility index (Phi) is 4.14. The molecular formula is C17H18FN3O2. The van der Waals surface area contributed by atoms with Gasteiger partial charge < -0.3 is 14.4 Å². The van der Waals surface area contributed by atoms with Gasteiger partial charge in [0.05, 0.1) is 5.69 Å². The molecule has 1 saturated heterocycles. The van der Waals surface area contributed by atoms with Gasteiger partial charge in [-0.3, -0.25) is 9.59 Å². The van der Waals surface area contributed by atoms with Crippen molar-refractivity contribution in [2.75, 3.05) is 31.1 Å². The number of amides is 1. The largest absolute Gasteiger partial charge is 0.366 e. The van der Waals surface area contributed by atoms with Crippen molar-refractivity contribution < 1.29 is 9.18 Å². The lowest BCUT2D eigenvalue weighted by molar-refractivity contribution is 0.0746. The predicted molar refractivity (Wildman–Crippen MR) is 86.2 cm³/mol. The molecule has 0 bridgehead atoms. The normalized spacial score (nSPS) is 14.9. The van der Waals surface area contributed by atoms with E-state index in [1.54, 1.807) is 42.4 Å². The van der Waals surface area contributed by atoms with Crippen LogP contribution in [0.4, 0.5) is 10.1 Å². The molecule has 0 radical (unpaired) electrons. The lowest BCUT2D eigenvalue weighted by Crippen LogP contribution is -2.49. The molecule has 0 saturated carbocycles. The summed E-state index contributed by atoms with van der Waals surface area (Å²) in [7, 11) is 1.64. The average molecular weight is 315 g/mol. The molecule has 0 N–H and O–H groups in total. The number of anilines is 1. The monoisotopic (exact) mass is 315 g/mol. The second-order valence-corrected chi connectivity index (χ2v) is 5.60. The summed E-state index contributed by atoms with van der Waals surface area (Å²) in [6.07, 6.45) is 1.59. The van der Waals surface area contributed by atoms with Crippen LogP contribution in [-0.4, -0.2) is 41.6 Å². The third kappa shape index (κ3) is 3.11. The average Bonchev–Trinajstić information content (AvgIpc) is 2.57. The summed E-state index contributed by atoms with van der Waals surface area (Å²) in [5, 5.41) is 0. The lowest BCUT2D eigenvalue weighted by Gasteiger charge is -2.36. The van der Waals surface area contributed by atoms with Crippen LogP contribution in [0.3, 0.4) is 0 Å². The molecule has 0 spiro atoms. The molecule has 6 heteroatoms. The van der Waals surface area contributed by atoms with Crippen molar-refractivity contribution >= 4 is 11.6 Å². The summed E-state index contributed by atoms with van der Waals surface area (Å²) in [4.78, 5) is 27.7. The summed E-state index contributed by atoms with van der Waals surface area (Å²) in [5.74, 6) is -0.408. The van der Waals surface area contributed by atoms with Crippen molar-refractivity contribution in [2.24, 2.45) is 7.05 Å². The predicted octanol–water partition coefficient (Wildman–Crippen LogP) is 1.49. The molecular weight excluding hydrogens is 297 g/mol. The van der Waals surface area contributed by atoms with Gasteiger partial charge in [0.1, 0.15) is 5.82 Å². The van der Waals surface area contributed by atoms with Crippen molar-refractivity contribution in [3.8, 4) is 0 Å². The zero-order chi connectivity index (χ0) is 16.4. The van der Waals surface area contributed by atoms with E-state index in [0.717, 1.165) is 0 Å². The lowest BCUT2D eigenvalue weighted by atomic mass is 10.2. The van der Waals surface area contributed by atoms with Crippen LogP contribution in [0.1, 0.15) is 10.4 Å². The van der Waals surface area contributed by atoms with E-state index in [1.165, 1.54) is 16.7 Å². The number of para-hydroxylation sites is 1. The van der Waals surface area contributed by atoms with E-state index in [1.807, 2.05) is 4.90 Å². The molecule has 1 amide bonds. The summed E-state index contributed by atoms with van der Waals surface area (Å²) in [6, 6.07) is 9.64. The van der Waals surface area contributed by atoms with Gasteiger partial charge in [-0.25, -0.2) is 4.39 Å². The number of nitrogens with zero attached hydrogens (tertiary/aromatic N) is 3. The van der Waals surface area contributed by atoms with Gasteiger partial charge in [-0.15, -0.1) is 0 Å². The minimum Gasteiger partial charge on any atom is -0.366 e. The van der Waals surface area contributed by atoms with E-state index >= 15 is 0 Å². The van der Waals surface area contributed by atoms with Gasteiger partial charge >= 0.3 is 0 Å². The van der Waals surface area contributed by atoms with Crippen LogP contribution in [-0.2, 0) is 7.05 Å². The molecule has 0 aliphatic carbocycles. The van der Waals surface area contributed by atoms with Crippen LogP contribution in [0.15, 0.2) is 47.4 Å². The fraction of sp³-hybridized carbons (Fsp3) is 0.294. The second-order valence-electron chi connectivity index (χ2n) is 5.60. The first kappa shape index (κ1) is 15.3. The molecule has 1 aliphatic rings. The Morgan fingerprint density at radius 1 is 1.09 bits per heavy atom. The van der Waals surface area contributed by atoms with Crippen LogP contribution in [0, 0.1) is 5.82 Å². The number of benzene rings is 1. The van der Waals surface area contributed by atoms with Crippen molar-refractivity contribution in [3.63, 3.8) is 0 Å². The molecule has 0 atom stereocenters. The van der Waals surface area contributed by atoms with Crippen molar-refractivity contribution in [3.05, 3.63) is 64.3 Å². The van der Waals surface area contributed by atoms with Gasteiger partial charge in [0.2, 0.25) is 0 Å². The molecule has 2 aromatic rings. The van der Waals surface area contributed by atoms with Gasteiger partial charge in [0.15, 0.2) is 0 Å². The summed E-state index contributed by atoms with van der Waals surface area (Å²) in [6.45, 7) is 2.14. The van der Waals surface area contributed by atoms with Gasteiger partial charge in [-0.1, -0.05) is 12.1 Å². The second kappa shape index (κ2) is 6.24. The Morgan fingerprint density at radius 2 is 1.78 bits per heavy atom. The van der Waals surface area contributed by atoms with Gasteiger partial charge in [-0.2, -0.15) is 0 Å². The Hall–Kier alpha value is -2.63. The topological polar surface area (TPSA) is 45.6 Å². The Bertz CT molecular complexity index is 779. The molecule has 5 nitrogen and oxygen atoms in total. The maximum absolute atomic E-state index is 13.8. The highest BCUT2D eigenvalue weighted by molar-refractivity contribution is 5.94. The van der Waals surface area contributed by atoms with E-state index in [9.17, 15) is 14.0 Å². The third-order valence-electron chi connectivity index (χ3n) is 4.11. The first-order chi connectivity index (χ1) is 11.1. The number of carbonyl (C=O) groups excluding carboxylic acids is 1. The minimum absolute atomic E-state index is 0.157. The van der Waals surface area contributed by atoms with Crippen molar-refractivity contribution in [1.29, 1.82) is 0 Å². The number of hydrogen-bond acceptors (Lipinski definition) is 3. The highest BCUT2D eigenvalue weighted by atomic mass is 19.1. The smallest absolute Gasteiger partial charge is 0.254 e. The van der Waals surface area contributed by atoms with Gasteiger partial charge in [0.25, 0.3) is 11.5 Å². The maximum Gasteiger partial charge on any atom is 0.254 e. The van der Waals surface area contributed by atoms with E-state index in [0.29, 0.717) is 37.4 Å². The number of pyridine rings is 1. The van der Waals surface area contributed by atoms with E-state index in [4.69, 9.17) is 0 Å². The number of rotatable bonds is 2. The van der Waals surface area contributed by atoms with E-state index in [2.05, 4.69) is 0 Å². The molecule has 23 heavy (non-hydrogen) atoms. The Labute approximate surface area is 133 Å². The van der Waals surface area contributed by atoms with Gasteiger partial charge in [0, 0.05) is 51.1 Å². The zero-order valence-corrected chi connectivity index (χ0v) is 12.9. The first-order valence-electron chi connectivity index (χ1n) is 7.52. The summed E-state index contributed by atoms with van der Waals surface area (Å²) >= 11 is 0. The SMILES string of the molecule is Cn1ccc(C(=O)N2CCN(c3ccccc3F)CC2)cc1=O. The molecule has 1 aliphatic heterocycles. The van der Waals surface area contributed by atoms with E-state index in [-0.39, 0.29) is 17.3 Å². The van der Waals surface area contributed by atoms with Crippen LogP contribution in [0.5, 0.6) is 0 Å². The van der Waals surface area contributed by atoms with Crippen LogP contribution < -0.4 is 10.5 Å². The summed E-state index contributed by atoms with van der Waals surface area (Å²) in [5.41, 5.74) is 0.751. The number of carbonyl (C=O) groups is 1. The quantitative estimate of drug-likeness (QED) is 0.843. The fourth-order valence-corrected chi connectivity index (χ4v) is 2.72. The highest BCUT2D eigenvalue weighted by Crippen LogP contribution is 2.20. The highest BCUT2D eigenvalue weighted by Gasteiger charge is 2.23. The zero-order valence-electron chi connectivity index (χ0n) is 12.9. The van der Waals surface area contributed by atoms with Crippen molar-refractivity contribution in [2.45, 2.75) is 0 Å². The third-order valence-corrected chi connectivity index (χ3v) is 4.11. The molecule has 2 heterocycles. The molecule has 1 aromatic heterocycles.